The summed E-state index contributed by atoms with van der Waals surface area (Å²) in [6.07, 6.45) is 0. The molecule has 0 N–H and O–H groups in total. The van der Waals surface area contributed by atoms with Crippen molar-refractivity contribution in [1.82, 2.24) is 15.0 Å². The number of furan rings is 1. The maximum atomic E-state index is 9.47. The van der Waals surface area contributed by atoms with Crippen LogP contribution in [0.5, 0.6) is 0 Å². The zero-order valence-electron chi connectivity index (χ0n) is 27.4. The molecule has 0 spiro atoms. The zero-order chi connectivity index (χ0) is 34.1. The lowest BCUT2D eigenvalue weighted by atomic mass is 9.94. The lowest BCUT2D eigenvalue weighted by molar-refractivity contribution is 0.669. The van der Waals surface area contributed by atoms with E-state index in [4.69, 9.17) is 19.4 Å². The molecule has 0 atom stereocenters. The lowest BCUT2D eigenvalue weighted by Gasteiger charge is -2.10. The van der Waals surface area contributed by atoms with Gasteiger partial charge in [0.25, 0.3) is 0 Å². The van der Waals surface area contributed by atoms with Gasteiger partial charge in [0.15, 0.2) is 17.5 Å². The number of aromatic nitrogens is 3. The topological polar surface area (TPSA) is 75.6 Å². The monoisotopic (exact) mass is 652 g/mol. The molecule has 0 aliphatic rings. The summed E-state index contributed by atoms with van der Waals surface area (Å²) in [5, 5.41) is 11.6. The number of hydrogen-bond acceptors (Lipinski definition) is 5. The van der Waals surface area contributed by atoms with Crippen molar-refractivity contribution in [3.05, 3.63) is 175 Å². The average molecular weight is 653 g/mol. The van der Waals surface area contributed by atoms with E-state index in [2.05, 4.69) is 84.9 Å². The summed E-state index contributed by atoms with van der Waals surface area (Å²) < 4.78 is 6.66. The van der Waals surface area contributed by atoms with Gasteiger partial charge in [-0.25, -0.2) is 15.0 Å². The predicted molar refractivity (Wildman–Crippen MR) is 204 cm³/mol. The first-order valence-corrected chi connectivity index (χ1v) is 16.7. The van der Waals surface area contributed by atoms with Gasteiger partial charge >= 0.3 is 0 Å². The number of nitrogens with zero attached hydrogens (tertiary/aromatic N) is 4. The summed E-state index contributed by atoms with van der Waals surface area (Å²) in [5.74, 6) is 1.68. The molecular weight excluding hydrogens is 625 g/mol. The second-order valence-electron chi connectivity index (χ2n) is 12.4. The molecule has 0 unspecified atom stereocenters. The van der Waals surface area contributed by atoms with Gasteiger partial charge in [-0.05, 0) is 75.8 Å². The summed E-state index contributed by atoms with van der Waals surface area (Å²) in [7, 11) is 0. The molecule has 2 heterocycles. The molecule has 0 fully saturated rings. The Morgan fingerprint density at radius 3 is 1.61 bits per heavy atom. The molecule has 9 aromatic rings. The van der Waals surface area contributed by atoms with E-state index >= 15 is 0 Å². The fourth-order valence-corrected chi connectivity index (χ4v) is 6.64. The van der Waals surface area contributed by atoms with Gasteiger partial charge in [0.2, 0.25) is 0 Å². The standard InChI is InChI=1S/C46H28N4O/c47-29-30-12-10-19-34(24-30)35-20-11-21-36(25-35)45-48-44(33-17-8-3-9-18-33)49-46(50-45)37-22-23-39-41(27-37)51-42-28-38(31-13-4-1-5-14-31)26-40(43(39)42)32-15-6-2-7-16-32/h1-28H. The van der Waals surface area contributed by atoms with Gasteiger partial charge < -0.3 is 4.42 Å². The molecule has 2 aromatic heterocycles. The third kappa shape index (κ3) is 5.71. The maximum Gasteiger partial charge on any atom is 0.164 e. The molecule has 7 aromatic carbocycles. The van der Waals surface area contributed by atoms with Crippen LogP contribution in [-0.4, -0.2) is 15.0 Å². The molecule has 0 saturated carbocycles. The van der Waals surface area contributed by atoms with Crippen molar-refractivity contribution in [1.29, 1.82) is 5.26 Å². The van der Waals surface area contributed by atoms with Gasteiger partial charge in [0, 0.05) is 27.5 Å². The Bertz CT molecular complexity index is 2750. The minimum Gasteiger partial charge on any atom is -0.456 e. The molecule has 51 heavy (non-hydrogen) atoms. The van der Waals surface area contributed by atoms with Crippen LogP contribution in [0, 0.1) is 11.3 Å². The van der Waals surface area contributed by atoms with E-state index < -0.39 is 0 Å². The van der Waals surface area contributed by atoms with Gasteiger partial charge in [-0.2, -0.15) is 5.26 Å². The summed E-state index contributed by atoms with van der Waals surface area (Å²) in [5.41, 5.74) is 11.2. The molecule has 0 aliphatic carbocycles. The Kier molecular flexibility index (Phi) is 7.46. The third-order valence-corrected chi connectivity index (χ3v) is 9.14. The van der Waals surface area contributed by atoms with Crippen LogP contribution in [0.4, 0.5) is 0 Å². The van der Waals surface area contributed by atoms with Gasteiger partial charge in [0.1, 0.15) is 11.2 Å². The van der Waals surface area contributed by atoms with Crippen LogP contribution < -0.4 is 0 Å². The van der Waals surface area contributed by atoms with E-state index in [9.17, 15) is 5.26 Å². The maximum absolute atomic E-state index is 9.47. The van der Waals surface area contributed by atoms with E-state index in [-0.39, 0.29) is 0 Å². The molecule has 0 radical (unpaired) electrons. The van der Waals surface area contributed by atoms with Crippen molar-refractivity contribution < 1.29 is 4.42 Å². The van der Waals surface area contributed by atoms with Gasteiger partial charge in [-0.1, -0.05) is 127 Å². The van der Waals surface area contributed by atoms with E-state index in [0.29, 0.717) is 23.0 Å². The zero-order valence-corrected chi connectivity index (χ0v) is 27.4. The van der Waals surface area contributed by atoms with Crippen molar-refractivity contribution in [3.63, 3.8) is 0 Å². The van der Waals surface area contributed by atoms with Crippen molar-refractivity contribution in [3.8, 4) is 73.6 Å². The summed E-state index contributed by atoms with van der Waals surface area (Å²) >= 11 is 0. The van der Waals surface area contributed by atoms with Crippen LogP contribution in [0.15, 0.2) is 174 Å². The number of rotatable bonds is 6. The Labute approximate surface area is 294 Å². The van der Waals surface area contributed by atoms with Crippen molar-refractivity contribution in [2.45, 2.75) is 0 Å². The fraction of sp³-hybridized carbons (Fsp3) is 0. The minimum absolute atomic E-state index is 0.548. The Morgan fingerprint density at radius 2 is 0.922 bits per heavy atom. The van der Waals surface area contributed by atoms with Gasteiger partial charge in [0.05, 0.1) is 11.6 Å². The first kappa shape index (κ1) is 29.9. The third-order valence-electron chi connectivity index (χ3n) is 9.14. The molecule has 5 nitrogen and oxygen atoms in total. The normalized spacial score (nSPS) is 11.1. The molecule has 0 saturated heterocycles. The summed E-state index contributed by atoms with van der Waals surface area (Å²) in [6, 6.07) is 59.3. The van der Waals surface area contributed by atoms with E-state index in [0.717, 1.165) is 72.0 Å². The Balaban J connectivity index is 1.21. The van der Waals surface area contributed by atoms with Crippen LogP contribution in [0.3, 0.4) is 0 Å². The van der Waals surface area contributed by atoms with Crippen LogP contribution in [0.1, 0.15) is 5.56 Å². The fourth-order valence-electron chi connectivity index (χ4n) is 6.64. The van der Waals surface area contributed by atoms with Crippen molar-refractivity contribution in [2.24, 2.45) is 0 Å². The molecule has 0 aliphatic heterocycles. The second-order valence-corrected chi connectivity index (χ2v) is 12.4. The Hall–Kier alpha value is -7.16. The summed E-state index contributed by atoms with van der Waals surface area (Å²) in [4.78, 5) is 15.0. The van der Waals surface area contributed by atoms with E-state index in [1.54, 1.807) is 6.07 Å². The highest BCUT2D eigenvalue weighted by molar-refractivity contribution is 6.14. The molecule has 5 heteroatoms. The van der Waals surface area contributed by atoms with Crippen LogP contribution >= 0.6 is 0 Å². The molecular formula is C46H28N4O. The highest BCUT2D eigenvalue weighted by Crippen LogP contribution is 2.41. The minimum atomic E-state index is 0.548. The number of nitriles is 1. The largest absolute Gasteiger partial charge is 0.456 e. The van der Waals surface area contributed by atoms with Crippen LogP contribution in [0.25, 0.3) is 89.5 Å². The first-order chi connectivity index (χ1) is 25.2. The SMILES string of the molecule is N#Cc1cccc(-c2cccc(-c3nc(-c4ccccc4)nc(-c4ccc5c(c4)oc4cc(-c6ccccc6)cc(-c6ccccc6)c45)n3)c2)c1. The highest BCUT2D eigenvalue weighted by Gasteiger charge is 2.18. The van der Waals surface area contributed by atoms with E-state index in [1.165, 1.54) is 0 Å². The first-order valence-electron chi connectivity index (χ1n) is 16.7. The van der Waals surface area contributed by atoms with Crippen LogP contribution in [-0.2, 0) is 0 Å². The average Bonchev–Trinajstić information content (AvgIpc) is 3.59. The quantitative estimate of drug-likeness (QED) is 0.179. The predicted octanol–water partition coefficient (Wildman–Crippen LogP) is 11.6. The van der Waals surface area contributed by atoms with Crippen molar-refractivity contribution >= 4 is 21.9 Å². The number of benzene rings is 7. The van der Waals surface area contributed by atoms with Gasteiger partial charge in [-0.15, -0.1) is 0 Å². The van der Waals surface area contributed by atoms with Gasteiger partial charge in [-0.3, -0.25) is 0 Å². The molecule has 0 bridgehead atoms. The van der Waals surface area contributed by atoms with Crippen LogP contribution in [0.2, 0.25) is 0 Å². The molecule has 238 valence electrons. The van der Waals surface area contributed by atoms with E-state index in [1.807, 2.05) is 84.9 Å². The Morgan fingerprint density at radius 1 is 0.392 bits per heavy atom. The van der Waals surface area contributed by atoms with Crippen molar-refractivity contribution in [2.75, 3.05) is 0 Å². The highest BCUT2D eigenvalue weighted by atomic mass is 16.3. The second kappa shape index (κ2) is 12.7. The lowest BCUT2D eigenvalue weighted by Crippen LogP contribution is -2.00. The number of hydrogen-bond donors (Lipinski definition) is 0. The smallest absolute Gasteiger partial charge is 0.164 e. The molecule has 0 amide bonds. The molecule has 9 rings (SSSR count). The number of fused-ring (bicyclic) bond motifs is 3. The summed E-state index contributed by atoms with van der Waals surface area (Å²) in [6.45, 7) is 0.